The summed E-state index contributed by atoms with van der Waals surface area (Å²) in [5.41, 5.74) is -0.502. The quantitative estimate of drug-likeness (QED) is 0.587. The summed E-state index contributed by atoms with van der Waals surface area (Å²) in [4.78, 5) is 21.6. The zero-order chi connectivity index (χ0) is 10.6. The van der Waals surface area contributed by atoms with Crippen LogP contribution < -0.4 is 10.6 Å². The van der Waals surface area contributed by atoms with Crippen LogP contribution in [0.2, 0.25) is 0 Å². The molecule has 1 atom stereocenters. The molecule has 0 aliphatic heterocycles. The van der Waals surface area contributed by atoms with E-state index in [0.29, 0.717) is 0 Å². The fourth-order valence-corrected chi connectivity index (χ4v) is 0.852. The number of amides is 2. The Hall–Kier alpha value is -1.26. The van der Waals surface area contributed by atoms with E-state index in [4.69, 9.17) is 5.11 Å². The van der Waals surface area contributed by atoms with Crippen molar-refractivity contribution in [2.45, 2.75) is 26.8 Å². The highest BCUT2D eigenvalue weighted by molar-refractivity contribution is 5.82. The lowest BCUT2D eigenvalue weighted by Gasteiger charge is -2.27. The smallest absolute Gasteiger partial charge is 0.326 e. The molecule has 0 saturated carbocycles. The number of aliphatic carboxylic acids is 1. The van der Waals surface area contributed by atoms with Crippen LogP contribution in [0.1, 0.15) is 20.8 Å². The highest BCUT2D eigenvalue weighted by Crippen LogP contribution is 2.19. The van der Waals surface area contributed by atoms with E-state index < -0.39 is 23.5 Å². The number of hydrogen-bond donors (Lipinski definition) is 3. The summed E-state index contributed by atoms with van der Waals surface area (Å²) in [6.45, 7) is 5.26. The standard InChI is InChI=1S/C8H16N2O3/c1-8(2,3)5(6(11)12)10-7(13)9-4/h5H,1-4H3,(H,11,12)(H2,9,10,13)/t5-/m1/s1. The molecule has 5 nitrogen and oxygen atoms in total. The lowest BCUT2D eigenvalue weighted by Crippen LogP contribution is -2.51. The third kappa shape index (κ3) is 3.78. The highest BCUT2D eigenvalue weighted by Gasteiger charge is 2.32. The molecule has 3 N–H and O–H groups in total. The first-order chi connectivity index (χ1) is 5.79. The Morgan fingerprint density at radius 1 is 1.31 bits per heavy atom. The molecule has 2 amide bonds. The first-order valence-corrected chi connectivity index (χ1v) is 4.00. The van der Waals surface area contributed by atoms with Gasteiger partial charge >= 0.3 is 12.0 Å². The van der Waals surface area contributed by atoms with Crippen molar-refractivity contribution in [1.29, 1.82) is 0 Å². The van der Waals surface area contributed by atoms with Gasteiger partial charge in [0.1, 0.15) is 6.04 Å². The van der Waals surface area contributed by atoms with Crippen LogP contribution in [0.5, 0.6) is 0 Å². The van der Waals surface area contributed by atoms with Crippen molar-refractivity contribution >= 4 is 12.0 Å². The molecule has 0 aliphatic rings. The van der Waals surface area contributed by atoms with E-state index >= 15 is 0 Å². The molecule has 0 rings (SSSR count). The van der Waals surface area contributed by atoms with E-state index in [0.717, 1.165) is 0 Å². The molecular formula is C8H16N2O3. The summed E-state index contributed by atoms with van der Waals surface area (Å²) in [6, 6.07) is -1.37. The van der Waals surface area contributed by atoms with Crippen LogP contribution in [0.3, 0.4) is 0 Å². The van der Waals surface area contributed by atoms with Crippen molar-refractivity contribution in [3.8, 4) is 0 Å². The van der Waals surface area contributed by atoms with Crippen molar-refractivity contribution < 1.29 is 14.7 Å². The van der Waals surface area contributed by atoms with Crippen LogP contribution in [-0.4, -0.2) is 30.2 Å². The van der Waals surface area contributed by atoms with Crippen LogP contribution in [0.25, 0.3) is 0 Å². The van der Waals surface area contributed by atoms with E-state index in [1.165, 1.54) is 7.05 Å². The summed E-state index contributed by atoms with van der Waals surface area (Å²) in [5.74, 6) is -1.03. The normalized spacial score (nSPS) is 13.2. The van der Waals surface area contributed by atoms with Gasteiger partial charge in [0, 0.05) is 7.05 Å². The van der Waals surface area contributed by atoms with Crippen LogP contribution in [-0.2, 0) is 4.79 Å². The van der Waals surface area contributed by atoms with Crippen molar-refractivity contribution in [2.24, 2.45) is 5.41 Å². The largest absolute Gasteiger partial charge is 0.480 e. The molecule has 0 radical (unpaired) electrons. The number of carbonyl (C=O) groups is 2. The minimum absolute atomic E-state index is 0.484. The maximum absolute atomic E-state index is 10.9. The van der Waals surface area contributed by atoms with Gasteiger partial charge in [-0.15, -0.1) is 0 Å². The Bertz CT molecular complexity index is 208. The van der Waals surface area contributed by atoms with Gasteiger partial charge in [-0.25, -0.2) is 9.59 Å². The van der Waals surface area contributed by atoms with Crippen molar-refractivity contribution in [3.05, 3.63) is 0 Å². The topological polar surface area (TPSA) is 78.4 Å². The molecule has 0 aromatic carbocycles. The fourth-order valence-electron chi connectivity index (χ4n) is 0.852. The van der Waals surface area contributed by atoms with Gasteiger partial charge in [0.05, 0.1) is 0 Å². The van der Waals surface area contributed by atoms with Crippen molar-refractivity contribution in [3.63, 3.8) is 0 Å². The van der Waals surface area contributed by atoms with Crippen LogP contribution in [0.4, 0.5) is 4.79 Å². The van der Waals surface area contributed by atoms with E-state index in [1.54, 1.807) is 20.8 Å². The summed E-state index contributed by atoms with van der Waals surface area (Å²) in [5, 5.41) is 13.5. The maximum Gasteiger partial charge on any atom is 0.326 e. The Labute approximate surface area is 77.5 Å². The first kappa shape index (κ1) is 11.7. The lowest BCUT2D eigenvalue weighted by atomic mass is 9.87. The van der Waals surface area contributed by atoms with Crippen LogP contribution in [0.15, 0.2) is 0 Å². The zero-order valence-electron chi connectivity index (χ0n) is 8.34. The predicted molar refractivity (Wildman–Crippen MR) is 48.5 cm³/mol. The maximum atomic E-state index is 10.9. The Balaban J connectivity index is 4.46. The average Bonchev–Trinajstić information content (AvgIpc) is 1.96. The molecular weight excluding hydrogens is 172 g/mol. The Morgan fingerprint density at radius 2 is 1.77 bits per heavy atom. The fraction of sp³-hybridized carbons (Fsp3) is 0.750. The Morgan fingerprint density at radius 3 is 2.00 bits per heavy atom. The Kier molecular flexibility index (Phi) is 3.71. The summed E-state index contributed by atoms with van der Waals surface area (Å²) < 4.78 is 0. The SMILES string of the molecule is CNC(=O)N[C@H](C(=O)O)C(C)(C)C. The van der Waals surface area contributed by atoms with Gasteiger partial charge in [0.15, 0.2) is 0 Å². The predicted octanol–water partition coefficient (Wildman–Crippen LogP) is 0.415. The van der Waals surface area contributed by atoms with Crippen molar-refractivity contribution in [2.75, 3.05) is 7.05 Å². The monoisotopic (exact) mass is 188 g/mol. The van der Waals surface area contributed by atoms with Crippen LogP contribution >= 0.6 is 0 Å². The van der Waals surface area contributed by atoms with E-state index in [2.05, 4.69) is 10.6 Å². The molecule has 76 valence electrons. The number of carbonyl (C=O) groups excluding carboxylic acids is 1. The molecule has 0 fully saturated rings. The molecule has 0 aliphatic carbocycles. The molecule has 0 spiro atoms. The number of urea groups is 1. The summed E-state index contributed by atoms with van der Waals surface area (Å²) in [7, 11) is 1.44. The summed E-state index contributed by atoms with van der Waals surface area (Å²) >= 11 is 0. The highest BCUT2D eigenvalue weighted by atomic mass is 16.4. The minimum atomic E-state index is -1.03. The van der Waals surface area contributed by atoms with Crippen LogP contribution in [0, 0.1) is 5.41 Å². The van der Waals surface area contributed by atoms with Crippen molar-refractivity contribution in [1.82, 2.24) is 10.6 Å². The second-order valence-electron chi connectivity index (χ2n) is 3.86. The van der Waals surface area contributed by atoms with E-state index in [9.17, 15) is 9.59 Å². The summed E-state index contributed by atoms with van der Waals surface area (Å²) in [6.07, 6.45) is 0. The van der Waals surface area contributed by atoms with E-state index in [-0.39, 0.29) is 0 Å². The molecule has 0 aromatic rings. The first-order valence-electron chi connectivity index (χ1n) is 4.00. The molecule has 0 unspecified atom stereocenters. The number of carboxylic acid groups (broad SMARTS) is 1. The lowest BCUT2D eigenvalue weighted by molar-refractivity contribution is -0.141. The average molecular weight is 188 g/mol. The van der Waals surface area contributed by atoms with Gasteiger partial charge in [-0.05, 0) is 5.41 Å². The van der Waals surface area contributed by atoms with Gasteiger partial charge in [-0.1, -0.05) is 20.8 Å². The number of hydrogen-bond acceptors (Lipinski definition) is 2. The molecule has 0 heterocycles. The second kappa shape index (κ2) is 4.11. The van der Waals surface area contributed by atoms with E-state index in [1.807, 2.05) is 0 Å². The minimum Gasteiger partial charge on any atom is -0.480 e. The van der Waals surface area contributed by atoms with Gasteiger partial charge in [-0.3, -0.25) is 0 Å². The number of nitrogens with one attached hydrogen (secondary N) is 2. The number of carboxylic acids is 1. The zero-order valence-corrected chi connectivity index (χ0v) is 8.34. The number of rotatable bonds is 2. The molecule has 13 heavy (non-hydrogen) atoms. The third-order valence-corrected chi connectivity index (χ3v) is 1.62. The molecule has 5 heteroatoms. The van der Waals surface area contributed by atoms with Gasteiger partial charge in [0.2, 0.25) is 0 Å². The molecule has 0 aromatic heterocycles. The molecule has 0 bridgehead atoms. The van der Waals surface area contributed by atoms with Gasteiger partial charge < -0.3 is 15.7 Å². The second-order valence-corrected chi connectivity index (χ2v) is 3.86. The molecule has 0 saturated heterocycles. The van der Waals surface area contributed by atoms with Gasteiger partial charge in [-0.2, -0.15) is 0 Å². The third-order valence-electron chi connectivity index (χ3n) is 1.62. The van der Waals surface area contributed by atoms with Gasteiger partial charge in [0.25, 0.3) is 0 Å².